The number of rotatable bonds is 28. The molecule has 0 atom stereocenters. The quantitative estimate of drug-likeness (QED) is 0.0236. The lowest BCUT2D eigenvalue weighted by Gasteiger charge is -2.02. The number of ether oxygens (including phenoxy) is 2. The highest BCUT2D eigenvalue weighted by Gasteiger charge is 2.10. The highest BCUT2D eigenvalue weighted by Crippen LogP contribution is 2.20. The van der Waals surface area contributed by atoms with E-state index in [2.05, 4.69) is 73.4 Å². The Morgan fingerprint density at radius 1 is 0.521 bits per heavy atom. The van der Waals surface area contributed by atoms with Crippen molar-refractivity contribution in [1.29, 1.82) is 0 Å². The van der Waals surface area contributed by atoms with Gasteiger partial charge in [0.1, 0.15) is 28.9 Å². The molecule has 0 aliphatic carbocycles. The first-order valence-corrected chi connectivity index (χ1v) is 26.9. The van der Waals surface area contributed by atoms with E-state index in [-0.39, 0.29) is 96.5 Å². The fraction of sp³-hybridized carbons (Fsp3) is 0.389. The van der Waals surface area contributed by atoms with Gasteiger partial charge >= 0.3 is 11.9 Å². The van der Waals surface area contributed by atoms with Crippen molar-refractivity contribution in [1.82, 2.24) is 0 Å². The minimum Gasteiger partial charge on any atom is -1.00 e. The molecule has 0 aromatic heterocycles. The molecule has 3 N–H and O–H groups in total. The van der Waals surface area contributed by atoms with Crippen LogP contribution < -0.4 is 29.7 Å². The Balaban J connectivity index is 0.000000984. The molecule has 0 aliphatic rings. The zero-order valence-corrected chi connectivity index (χ0v) is 50.3. The van der Waals surface area contributed by atoms with E-state index in [4.69, 9.17) is 22.1 Å². The largest absolute Gasteiger partial charge is 1.00 e. The molecule has 4 rings (SSSR count). The lowest BCUT2D eigenvalue weighted by molar-refractivity contribution is -0.144. The molecule has 4 aromatic carbocycles. The molecule has 0 fully saturated rings. The highest BCUT2D eigenvalue weighted by molar-refractivity contribution is 9.11. The van der Waals surface area contributed by atoms with Crippen LogP contribution in [0.15, 0.2) is 114 Å². The van der Waals surface area contributed by atoms with Gasteiger partial charge in [-0.25, -0.2) is 0 Å². The molecule has 13 nitrogen and oxygen atoms in total. The number of halogens is 6. The van der Waals surface area contributed by atoms with E-state index >= 15 is 0 Å². The molecular formula is C54H63Br4ClIN2O11-. The average molecular weight is 1400 g/mol. The van der Waals surface area contributed by atoms with Crippen LogP contribution in [0.3, 0.4) is 0 Å². The van der Waals surface area contributed by atoms with Gasteiger partial charge in [-0.05, 0) is 122 Å². The molecule has 0 aliphatic heterocycles. The second-order valence-corrected chi connectivity index (χ2v) is 19.9. The Labute approximate surface area is 484 Å². The van der Waals surface area contributed by atoms with Crippen molar-refractivity contribution in [3.05, 3.63) is 131 Å². The Morgan fingerprint density at radius 3 is 1.23 bits per heavy atom. The van der Waals surface area contributed by atoms with Crippen molar-refractivity contribution < 1.29 is 76.9 Å². The summed E-state index contributed by atoms with van der Waals surface area (Å²) in [6.07, 6.45) is 7.73. The number of phenols is 1. The number of aromatic hydroxyl groups is 1. The number of hydrogen-bond donors (Lipinski definition) is 2. The molecule has 73 heavy (non-hydrogen) atoms. The lowest BCUT2D eigenvalue weighted by Crippen LogP contribution is -3.00. The van der Waals surface area contributed by atoms with E-state index in [1.54, 1.807) is 32.0 Å². The third kappa shape index (κ3) is 37.6. The number of benzene rings is 4. The zero-order chi connectivity index (χ0) is 53.7. The van der Waals surface area contributed by atoms with Crippen molar-refractivity contribution in [2.75, 3.05) is 26.3 Å². The van der Waals surface area contributed by atoms with Crippen LogP contribution in [0.5, 0.6) is 5.75 Å². The Hall–Kier alpha value is -3.79. The van der Waals surface area contributed by atoms with E-state index in [1.807, 2.05) is 72.8 Å². The molecule has 0 spiro atoms. The summed E-state index contributed by atoms with van der Waals surface area (Å²) in [7, 11) is 0. The molecule has 19 heteroatoms. The van der Waals surface area contributed by atoms with Crippen molar-refractivity contribution in [3.8, 4) is 5.75 Å². The van der Waals surface area contributed by atoms with Gasteiger partial charge in [0.05, 0.1) is 26.3 Å². The predicted octanol–water partition coefficient (Wildman–Crippen LogP) is 8.93. The van der Waals surface area contributed by atoms with Crippen molar-refractivity contribution >= 4 is 128 Å². The second-order valence-electron chi connectivity index (χ2n) is 15.9. The highest BCUT2D eigenvalue weighted by atomic mass is 127. The molecule has 0 saturated carbocycles. The van der Waals surface area contributed by atoms with Crippen LogP contribution >= 0.6 is 75.3 Å². The summed E-state index contributed by atoms with van der Waals surface area (Å²) in [6, 6.07) is 28.0. The van der Waals surface area contributed by atoms with Gasteiger partial charge in [0, 0.05) is 100 Å². The third-order valence-electron chi connectivity index (χ3n) is 9.68. The van der Waals surface area contributed by atoms with Crippen molar-refractivity contribution in [3.63, 3.8) is 0 Å². The smallest absolute Gasteiger partial charge is 0.305 e. The van der Waals surface area contributed by atoms with E-state index in [9.17, 15) is 43.5 Å². The van der Waals surface area contributed by atoms with Gasteiger partial charge in [-0.15, -0.1) is 0 Å². The minimum absolute atomic E-state index is 0. The maximum Gasteiger partial charge on any atom is 0.305 e. The maximum absolute atomic E-state index is 12.0. The first-order valence-electron chi connectivity index (χ1n) is 23.3. The Bertz CT molecular complexity index is 2350. The Morgan fingerprint density at radius 2 is 0.863 bits per heavy atom. The van der Waals surface area contributed by atoms with Gasteiger partial charge in [0.15, 0.2) is 5.78 Å². The van der Waals surface area contributed by atoms with Crippen LogP contribution in [0, 0.1) is 0 Å². The van der Waals surface area contributed by atoms with E-state index in [1.165, 1.54) is 6.21 Å². The number of phenolic OH excluding ortho intramolecular Hbond substituents is 1. The molecule has 0 bridgehead atoms. The third-order valence-corrected chi connectivity index (χ3v) is 12.0. The first-order chi connectivity index (χ1) is 34.3. The first kappa shape index (κ1) is 69.2. The van der Waals surface area contributed by atoms with Crippen molar-refractivity contribution in [2.24, 2.45) is 10.7 Å². The molecular weight excluding hydrogens is 1330 g/mol. The minimum atomic E-state index is -0.408. The summed E-state index contributed by atoms with van der Waals surface area (Å²) in [5.74, 6) is 0.0531. The molecule has 0 amide bonds. The summed E-state index contributed by atoms with van der Waals surface area (Å²) >= 11 is 18.4. The zero-order valence-electron chi connectivity index (χ0n) is 41.0. The Kier molecular flexibility index (Phi) is 40.2. The fourth-order valence-corrected chi connectivity index (χ4v) is 7.35. The van der Waals surface area contributed by atoms with E-state index in [0.29, 0.717) is 102 Å². The molecule has 0 heterocycles. The number of Topliss-reactive ketones (excluding diaryl/α,β-unsaturated/α-hetero) is 5. The van der Waals surface area contributed by atoms with Gasteiger partial charge < -0.3 is 44.3 Å². The standard InChI is InChI=1S/C20H19Br2NO3.C14H17BrO3.C13H16BrNO2.C7H11ClO3.HI/c21-16-6-4-14(5-7-16)10-18(24)2-1-3-19(25)13-23-12-15-11-17(22)8-9-20(15)26;1-2-18-14(17)5-3-4-13(16)10-11-6-8-12(15)9-7-11;14-11-6-4-10(5-7-11)8-12(16)2-1-3-13(17)9-15;1-2-11-7(10)5-3-4-6(8)9;/h4-9,11-12,26H,1-3,10,13H2;6-9H,2-5,10H2,1H3;4-7H,1-3,8-9,15H2;2-5H2,1H3;1H/p-1. The van der Waals surface area contributed by atoms with Crippen LogP contribution in [0.25, 0.3) is 0 Å². The van der Waals surface area contributed by atoms with Gasteiger partial charge in [0.2, 0.25) is 5.24 Å². The summed E-state index contributed by atoms with van der Waals surface area (Å²) in [4.78, 5) is 94.1. The molecule has 4 aromatic rings. The van der Waals surface area contributed by atoms with Crippen LogP contribution in [-0.4, -0.2) is 83.7 Å². The number of hydrogen-bond acceptors (Lipinski definition) is 13. The predicted molar refractivity (Wildman–Crippen MR) is 295 cm³/mol. The fourth-order valence-electron chi connectivity index (χ4n) is 6.04. The topological polar surface area (TPSA) is 214 Å². The van der Waals surface area contributed by atoms with Gasteiger partial charge in [-0.1, -0.05) is 100 Å². The maximum atomic E-state index is 12.0. The van der Waals surface area contributed by atoms with Gasteiger partial charge in [-0.3, -0.25) is 43.3 Å². The van der Waals surface area contributed by atoms with Crippen LogP contribution in [-0.2, 0) is 67.1 Å². The molecule has 398 valence electrons. The number of aliphatic imine (C=N–C) groups is 1. The number of carbonyl (C=O) groups is 8. The van der Waals surface area contributed by atoms with Crippen LogP contribution in [0.2, 0.25) is 0 Å². The molecule has 0 radical (unpaired) electrons. The average Bonchev–Trinajstić information content (AvgIpc) is 3.33. The second kappa shape index (κ2) is 42.4. The van der Waals surface area contributed by atoms with Crippen LogP contribution in [0.1, 0.15) is 113 Å². The van der Waals surface area contributed by atoms with Crippen LogP contribution in [0.4, 0.5) is 0 Å². The van der Waals surface area contributed by atoms with Gasteiger partial charge in [0.25, 0.3) is 0 Å². The SMILES string of the molecule is CCOC(=O)CCCC(=O)Cc1ccc(Br)cc1.CCOC(=O)CCCC(=O)Cl.NCC(=O)CCCC(=O)Cc1ccc(Br)cc1.O=C(CCCC(=O)Cc1ccc(Br)cc1)CN=Cc1cc(Br)ccc1O.[I-]. The van der Waals surface area contributed by atoms with Crippen molar-refractivity contribution in [2.45, 2.75) is 110 Å². The number of esters is 2. The summed E-state index contributed by atoms with van der Waals surface area (Å²) < 4.78 is 13.2. The summed E-state index contributed by atoms with van der Waals surface area (Å²) in [5.41, 5.74) is 8.72. The molecule has 0 saturated heterocycles. The lowest BCUT2D eigenvalue weighted by atomic mass is 10.0. The number of carbonyl (C=O) groups excluding carboxylic acids is 8. The van der Waals surface area contributed by atoms with E-state index < -0.39 is 5.24 Å². The summed E-state index contributed by atoms with van der Waals surface area (Å²) in [6.45, 7) is 4.41. The normalized spacial score (nSPS) is 10.2. The number of nitrogens with zero attached hydrogens (tertiary/aromatic N) is 1. The number of nitrogens with two attached hydrogens (primary N) is 1. The van der Waals surface area contributed by atoms with E-state index in [0.717, 1.165) is 34.6 Å². The monoisotopic (exact) mass is 1390 g/mol. The number of ketones is 5. The van der Waals surface area contributed by atoms with Gasteiger partial charge in [-0.2, -0.15) is 0 Å². The molecule has 0 unspecified atom stereocenters. The summed E-state index contributed by atoms with van der Waals surface area (Å²) in [5, 5.41) is 9.29.